The van der Waals surface area contributed by atoms with Crippen molar-refractivity contribution in [2.45, 2.75) is 30.2 Å². The van der Waals surface area contributed by atoms with Crippen LogP contribution in [-0.2, 0) is 4.79 Å². The van der Waals surface area contributed by atoms with Crippen molar-refractivity contribution in [2.75, 3.05) is 12.3 Å². The van der Waals surface area contributed by atoms with Crippen LogP contribution in [0.15, 0.2) is 29.4 Å². The van der Waals surface area contributed by atoms with Gasteiger partial charge in [0.25, 0.3) is 0 Å². The van der Waals surface area contributed by atoms with E-state index in [1.54, 1.807) is 24.2 Å². The standard InChI is InChI=1S/C13H19N3OS/c1-2-16-13(12(14)17,10-3-4-10)9-18-11-5-7-15-8-6-11/h5-8,10,16H,2-4,9H2,1H3,(H2,14,17). The predicted octanol–water partition coefficient (Wildman–Crippen LogP) is 1.42. The average molecular weight is 265 g/mol. The van der Waals surface area contributed by atoms with Crippen molar-refractivity contribution in [3.8, 4) is 0 Å². The van der Waals surface area contributed by atoms with E-state index < -0.39 is 5.54 Å². The molecular weight excluding hydrogens is 246 g/mol. The van der Waals surface area contributed by atoms with E-state index in [0.29, 0.717) is 11.7 Å². The van der Waals surface area contributed by atoms with Gasteiger partial charge in [0.05, 0.1) is 0 Å². The first-order valence-electron chi connectivity index (χ1n) is 6.27. The third kappa shape index (κ3) is 2.84. The number of nitrogens with two attached hydrogens (primary N) is 1. The minimum absolute atomic E-state index is 0.228. The average Bonchev–Trinajstić information content (AvgIpc) is 3.20. The highest BCUT2D eigenvalue weighted by molar-refractivity contribution is 7.99. The Labute approximate surface area is 112 Å². The fourth-order valence-electron chi connectivity index (χ4n) is 2.20. The number of rotatable bonds is 7. The lowest BCUT2D eigenvalue weighted by molar-refractivity contribution is -0.124. The van der Waals surface area contributed by atoms with Gasteiger partial charge >= 0.3 is 0 Å². The van der Waals surface area contributed by atoms with E-state index in [1.807, 2.05) is 19.1 Å². The molecule has 0 aromatic carbocycles. The largest absolute Gasteiger partial charge is 0.368 e. The van der Waals surface area contributed by atoms with E-state index >= 15 is 0 Å². The molecule has 1 aromatic heterocycles. The highest BCUT2D eigenvalue weighted by Gasteiger charge is 2.49. The lowest BCUT2D eigenvalue weighted by Crippen LogP contribution is -2.59. The van der Waals surface area contributed by atoms with Crippen molar-refractivity contribution in [2.24, 2.45) is 11.7 Å². The van der Waals surface area contributed by atoms with Gasteiger partial charge < -0.3 is 11.1 Å². The van der Waals surface area contributed by atoms with E-state index in [1.165, 1.54) is 0 Å². The maximum atomic E-state index is 11.8. The molecule has 0 saturated heterocycles. The Balaban J connectivity index is 2.07. The summed E-state index contributed by atoms with van der Waals surface area (Å²) in [6.45, 7) is 2.77. The Morgan fingerprint density at radius 1 is 1.56 bits per heavy atom. The monoisotopic (exact) mass is 265 g/mol. The second-order valence-corrected chi connectivity index (χ2v) is 5.66. The minimum Gasteiger partial charge on any atom is -0.368 e. The number of aromatic nitrogens is 1. The summed E-state index contributed by atoms with van der Waals surface area (Å²) in [5, 5.41) is 3.32. The van der Waals surface area contributed by atoms with Crippen LogP contribution in [0.3, 0.4) is 0 Å². The Hall–Kier alpha value is -1.07. The first-order valence-corrected chi connectivity index (χ1v) is 7.25. The molecule has 1 saturated carbocycles. The van der Waals surface area contributed by atoms with Crippen LogP contribution in [0, 0.1) is 5.92 Å². The predicted molar refractivity (Wildman–Crippen MR) is 73.3 cm³/mol. The zero-order chi connectivity index (χ0) is 13.0. The summed E-state index contributed by atoms with van der Waals surface area (Å²) in [5.74, 6) is 0.850. The number of carbonyl (C=O) groups excluding carboxylic acids is 1. The molecule has 18 heavy (non-hydrogen) atoms. The van der Waals surface area contributed by atoms with E-state index in [0.717, 1.165) is 24.3 Å². The number of nitrogens with zero attached hydrogens (tertiary/aromatic N) is 1. The molecule has 1 fully saturated rings. The highest BCUT2D eigenvalue weighted by Crippen LogP contribution is 2.42. The zero-order valence-corrected chi connectivity index (χ0v) is 11.4. The minimum atomic E-state index is -0.553. The third-order valence-electron chi connectivity index (χ3n) is 3.32. The van der Waals surface area contributed by atoms with Crippen LogP contribution in [0.2, 0.25) is 0 Å². The van der Waals surface area contributed by atoms with Gasteiger partial charge in [0.2, 0.25) is 5.91 Å². The quantitative estimate of drug-likeness (QED) is 0.732. The van der Waals surface area contributed by atoms with E-state index in [4.69, 9.17) is 5.73 Å². The number of amides is 1. The van der Waals surface area contributed by atoms with Crippen molar-refractivity contribution in [1.82, 2.24) is 10.3 Å². The number of pyridine rings is 1. The summed E-state index contributed by atoms with van der Waals surface area (Å²) in [7, 11) is 0. The van der Waals surface area contributed by atoms with Crippen LogP contribution in [0.25, 0.3) is 0 Å². The first kappa shape index (κ1) is 13.4. The normalized spacial score (nSPS) is 18.3. The Morgan fingerprint density at radius 3 is 2.72 bits per heavy atom. The SMILES string of the molecule is CCNC(CSc1ccncc1)(C(N)=O)C1CC1. The van der Waals surface area contributed by atoms with Gasteiger partial charge in [-0.15, -0.1) is 11.8 Å². The fourth-order valence-corrected chi connectivity index (χ4v) is 3.38. The van der Waals surface area contributed by atoms with Crippen LogP contribution in [-0.4, -0.2) is 28.7 Å². The van der Waals surface area contributed by atoms with Gasteiger partial charge in [0.1, 0.15) is 5.54 Å². The molecule has 1 atom stereocenters. The zero-order valence-electron chi connectivity index (χ0n) is 10.6. The molecule has 2 rings (SSSR count). The number of primary amides is 1. The second kappa shape index (κ2) is 5.71. The first-order chi connectivity index (χ1) is 8.69. The molecule has 1 amide bonds. The molecule has 0 aliphatic heterocycles. The van der Waals surface area contributed by atoms with Crippen LogP contribution in [0.5, 0.6) is 0 Å². The molecule has 3 N–H and O–H groups in total. The number of likely N-dealkylation sites (N-methyl/N-ethyl adjacent to an activating group) is 1. The molecule has 0 spiro atoms. The molecule has 1 aliphatic rings. The van der Waals surface area contributed by atoms with E-state index in [-0.39, 0.29) is 5.91 Å². The molecule has 98 valence electrons. The summed E-state index contributed by atoms with van der Waals surface area (Å²) >= 11 is 1.66. The maximum absolute atomic E-state index is 11.8. The summed E-state index contributed by atoms with van der Waals surface area (Å²) in [6.07, 6.45) is 5.71. The van der Waals surface area contributed by atoms with Crippen LogP contribution in [0.4, 0.5) is 0 Å². The van der Waals surface area contributed by atoms with E-state index in [2.05, 4.69) is 10.3 Å². The number of hydrogen-bond acceptors (Lipinski definition) is 4. The lowest BCUT2D eigenvalue weighted by Gasteiger charge is -2.31. The molecule has 1 heterocycles. The summed E-state index contributed by atoms with van der Waals surface area (Å²) in [5.41, 5.74) is 5.08. The van der Waals surface area contributed by atoms with Crippen LogP contribution < -0.4 is 11.1 Å². The fraction of sp³-hybridized carbons (Fsp3) is 0.538. The molecule has 5 heteroatoms. The lowest BCUT2D eigenvalue weighted by atomic mass is 9.94. The Kier molecular flexibility index (Phi) is 4.24. The molecule has 0 bridgehead atoms. The van der Waals surface area contributed by atoms with Gasteiger partial charge in [-0.3, -0.25) is 9.78 Å². The van der Waals surface area contributed by atoms with Gasteiger partial charge in [-0.05, 0) is 37.4 Å². The number of carbonyl (C=O) groups is 1. The van der Waals surface area contributed by atoms with Gasteiger partial charge in [-0.25, -0.2) is 0 Å². The van der Waals surface area contributed by atoms with E-state index in [9.17, 15) is 4.79 Å². The van der Waals surface area contributed by atoms with Crippen LogP contribution in [0.1, 0.15) is 19.8 Å². The molecule has 4 nitrogen and oxygen atoms in total. The molecule has 1 aromatic rings. The summed E-state index contributed by atoms with van der Waals surface area (Å²) < 4.78 is 0. The second-order valence-electron chi connectivity index (χ2n) is 4.61. The topological polar surface area (TPSA) is 68.0 Å². The van der Waals surface area contributed by atoms with Crippen molar-refractivity contribution in [3.05, 3.63) is 24.5 Å². The van der Waals surface area contributed by atoms with Gasteiger partial charge in [0.15, 0.2) is 0 Å². The number of thioether (sulfide) groups is 1. The van der Waals surface area contributed by atoms with Crippen molar-refractivity contribution in [3.63, 3.8) is 0 Å². The summed E-state index contributed by atoms with van der Waals surface area (Å²) in [6, 6.07) is 3.91. The third-order valence-corrected chi connectivity index (χ3v) is 4.53. The van der Waals surface area contributed by atoms with Crippen molar-refractivity contribution in [1.29, 1.82) is 0 Å². The van der Waals surface area contributed by atoms with Gasteiger partial charge in [-0.1, -0.05) is 6.92 Å². The Morgan fingerprint density at radius 2 is 2.22 bits per heavy atom. The molecule has 1 unspecified atom stereocenters. The van der Waals surface area contributed by atoms with Gasteiger partial charge in [-0.2, -0.15) is 0 Å². The number of hydrogen-bond donors (Lipinski definition) is 2. The molecule has 0 radical (unpaired) electrons. The Bertz CT molecular complexity index is 408. The van der Waals surface area contributed by atoms with Crippen molar-refractivity contribution >= 4 is 17.7 Å². The maximum Gasteiger partial charge on any atom is 0.238 e. The van der Waals surface area contributed by atoms with Gasteiger partial charge in [0, 0.05) is 23.0 Å². The number of nitrogens with one attached hydrogen (secondary N) is 1. The smallest absolute Gasteiger partial charge is 0.238 e. The van der Waals surface area contributed by atoms with Crippen molar-refractivity contribution < 1.29 is 4.79 Å². The molecule has 1 aliphatic carbocycles. The summed E-state index contributed by atoms with van der Waals surface area (Å²) in [4.78, 5) is 17.0. The highest BCUT2D eigenvalue weighted by atomic mass is 32.2. The van der Waals surface area contributed by atoms with Crippen LogP contribution >= 0.6 is 11.8 Å². The molecular formula is C13H19N3OS.